The number of halogens is 1. The molecule has 3 aromatic carbocycles. The van der Waals surface area contributed by atoms with Gasteiger partial charge >= 0.3 is 0 Å². The minimum atomic E-state index is -0.587. The maximum atomic E-state index is 13.8. The standard InChI is InChI=1S/C32H34ClN3O4/c1-2-31(38)35-18-21(19-35)20-36-28-17-27(33)26(25-15-23(37)14-22-8-3-4-9-24(22)25)16-30(28)40-29(32(36)39)10-7-13-34-11-5-6-12-34/h2-4,8-9,14-17,21,29,37H,1,5-7,10-13,18-20H2. The molecule has 7 nitrogen and oxygen atoms in total. The normalized spacial score (nSPS) is 19.4. The molecule has 3 heterocycles. The zero-order valence-electron chi connectivity index (χ0n) is 22.5. The molecular weight excluding hydrogens is 526 g/mol. The van der Waals surface area contributed by atoms with Crippen LogP contribution in [-0.4, -0.2) is 72.1 Å². The fourth-order valence-corrected chi connectivity index (χ4v) is 6.46. The van der Waals surface area contributed by atoms with Crippen LogP contribution in [0.5, 0.6) is 11.5 Å². The Kier molecular flexibility index (Phi) is 7.43. The average Bonchev–Trinajstić information content (AvgIpc) is 3.44. The van der Waals surface area contributed by atoms with Crippen LogP contribution >= 0.6 is 11.6 Å². The number of rotatable bonds is 8. The van der Waals surface area contributed by atoms with Crippen molar-refractivity contribution < 1.29 is 19.4 Å². The van der Waals surface area contributed by atoms with Gasteiger partial charge in [0, 0.05) is 31.1 Å². The smallest absolute Gasteiger partial charge is 0.268 e. The highest BCUT2D eigenvalue weighted by Gasteiger charge is 2.39. The van der Waals surface area contributed by atoms with Gasteiger partial charge in [0.2, 0.25) is 5.91 Å². The molecule has 2 saturated heterocycles. The largest absolute Gasteiger partial charge is 0.508 e. The van der Waals surface area contributed by atoms with E-state index < -0.39 is 6.10 Å². The highest BCUT2D eigenvalue weighted by molar-refractivity contribution is 6.34. The summed E-state index contributed by atoms with van der Waals surface area (Å²) in [6.45, 7) is 8.44. The molecule has 1 unspecified atom stereocenters. The Hall–Kier alpha value is -3.55. The van der Waals surface area contributed by atoms with E-state index in [1.165, 1.54) is 18.9 Å². The van der Waals surface area contributed by atoms with Crippen molar-refractivity contribution in [3.63, 3.8) is 0 Å². The van der Waals surface area contributed by atoms with Crippen molar-refractivity contribution in [1.29, 1.82) is 0 Å². The quantitative estimate of drug-likeness (QED) is 0.370. The molecule has 2 fully saturated rings. The van der Waals surface area contributed by atoms with Crippen molar-refractivity contribution >= 4 is 39.9 Å². The van der Waals surface area contributed by atoms with E-state index in [1.54, 1.807) is 28.0 Å². The van der Waals surface area contributed by atoms with Crippen molar-refractivity contribution in [2.45, 2.75) is 31.8 Å². The lowest BCUT2D eigenvalue weighted by Crippen LogP contribution is -2.56. The molecule has 3 aromatic rings. The number of benzene rings is 3. The van der Waals surface area contributed by atoms with Crippen molar-refractivity contribution in [2.75, 3.05) is 44.2 Å². The molecule has 0 saturated carbocycles. The summed E-state index contributed by atoms with van der Waals surface area (Å²) in [4.78, 5) is 31.7. The Morgan fingerprint density at radius 3 is 2.65 bits per heavy atom. The number of aromatic hydroxyl groups is 1. The third kappa shape index (κ3) is 5.16. The Bertz CT molecular complexity index is 1460. The predicted octanol–water partition coefficient (Wildman–Crippen LogP) is 5.48. The van der Waals surface area contributed by atoms with Gasteiger partial charge in [-0.25, -0.2) is 0 Å². The summed E-state index contributed by atoms with van der Waals surface area (Å²) in [6, 6.07) is 15.0. The molecule has 208 valence electrons. The first kappa shape index (κ1) is 26.7. The van der Waals surface area contributed by atoms with E-state index in [0.29, 0.717) is 42.5 Å². The number of ether oxygens (including phenoxy) is 1. The van der Waals surface area contributed by atoms with Gasteiger partial charge in [-0.2, -0.15) is 0 Å². The third-order valence-corrected chi connectivity index (χ3v) is 8.62. The van der Waals surface area contributed by atoms with E-state index >= 15 is 0 Å². The van der Waals surface area contributed by atoms with Crippen molar-refractivity contribution in [1.82, 2.24) is 9.80 Å². The Balaban J connectivity index is 1.32. The lowest BCUT2D eigenvalue weighted by molar-refractivity contribution is -0.132. The van der Waals surface area contributed by atoms with Gasteiger partial charge in [0.25, 0.3) is 5.91 Å². The number of anilines is 1. The first-order valence-corrected chi connectivity index (χ1v) is 14.5. The number of fused-ring (bicyclic) bond motifs is 2. The van der Waals surface area contributed by atoms with Gasteiger partial charge in [-0.15, -0.1) is 0 Å². The number of likely N-dealkylation sites (tertiary alicyclic amines) is 2. The number of nitrogens with zero attached hydrogens (tertiary/aromatic N) is 3. The molecule has 1 atom stereocenters. The first-order valence-electron chi connectivity index (χ1n) is 14.1. The Labute approximate surface area is 239 Å². The molecule has 3 aliphatic heterocycles. The lowest BCUT2D eigenvalue weighted by Gasteiger charge is -2.43. The topological polar surface area (TPSA) is 73.3 Å². The van der Waals surface area contributed by atoms with Crippen LogP contribution in [0.4, 0.5) is 5.69 Å². The Morgan fingerprint density at radius 1 is 1.10 bits per heavy atom. The third-order valence-electron chi connectivity index (χ3n) is 8.31. The summed E-state index contributed by atoms with van der Waals surface area (Å²) in [7, 11) is 0. The molecule has 0 aromatic heterocycles. The van der Waals surface area contributed by atoms with E-state index in [9.17, 15) is 14.7 Å². The second-order valence-electron chi connectivity index (χ2n) is 11.1. The maximum Gasteiger partial charge on any atom is 0.268 e. The molecule has 2 amide bonds. The number of hydrogen-bond acceptors (Lipinski definition) is 5. The molecule has 0 spiro atoms. The first-order chi connectivity index (χ1) is 19.4. The number of amides is 2. The summed E-state index contributed by atoms with van der Waals surface area (Å²) in [5, 5.41) is 12.8. The van der Waals surface area contributed by atoms with Gasteiger partial charge in [0.1, 0.15) is 11.5 Å². The van der Waals surface area contributed by atoms with E-state index in [1.807, 2.05) is 30.3 Å². The van der Waals surface area contributed by atoms with Crippen LogP contribution < -0.4 is 9.64 Å². The molecule has 0 radical (unpaired) electrons. The number of carbonyl (C=O) groups excluding carboxylic acids is 2. The molecule has 3 aliphatic rings. The predicted molar refractivity (Wildman–Crippen MR) is 158 cm³/mol. The van der Waals surface area contributed by atoms with Crippen LogP contribution in [0, 0.1) is 5.92 Å². The summed E-state index contributed by atoms with van der Waals surface area (Å²) in [6.07, 6.45) is 4.72. The summed E-state index contributed by atoms with van der Waals surface area (Å²) < 4.78 is 6.40. The fraction of sp³-hybridized carbons (Fsp3) is 0.375. The second-order valence-corrected chi connectivity index (χ2v) is 11.5. The van der Waals surface area contributed by atoms with Crippen LogP contribution in [0.25, 0.3) is 21.9 Å². The van der Waals surface area contributed by atoms with Crippen LogP contribution in [0.3, 0.4) is 0 Å². The summed E-state index contributed by atoms with van der Waals surface area (Å²) in [5.74, 6) is 0.780. The van der Waals surface area contributed by atoms with Crippen LogP contribution in [-0.2, 0) is 9.59 Å². The zero-order chi connectivity index (χ0) is 27.8. The van der Waals surface area contributed by atoms with Crippen LogP contribution in [0.1, 0.15) is 25.7 Å². The lowest BCUT2D eigenvalue weighted by atomic mass is 9.95. The van der Waals surface area contributed by atoms with Gasteiger partial charge in [-0.1, -0.05) is 42.4 Å². The van der Waals surface area contributed by atoms with Crippen LogP contribution in [0.2, 0.25) is 5.02 Å². The fourth-order valence-electron chi connectivity index (χ4n) is 6.20. The highest BCUT2D eigenvalue weighted by atomic mass is 35.5. The molecule has 1 N–H and O–H groups in total. The van der Waals surface area contributed by atoms with Gasteiger partial charge in [-0.3, -0.25) is 9.59 Å². The number of carbonyl (C=O) groups is 2. The van der Waals surface area contributed by atoms with Crippen LogP contribution in [0.15, 0.2) is 61.2 Å². The Morgan fingerprint density at radius 2 is 1.88 bits per heavy atom. The van der Waals surface area contributed by atoms with Gasteiger partial charge in [0.05, 0.1) is 10.7 Å². The SMILES string of the molecule is C=CC(=O)N1CC(CN2C(=O)C(CCCN3CCCC3)Oc3cc(-c4cc(O)cc5ccccc45)c(Cl)cc32)C1. The molecular formula is C32H34ClN3O4. The molecule has 8 heteroatoms. The monoisotopic (exact) mass is 559 g/mol. The number of hydrogen-bond donors (Lipinski definition) is 1. The maximum absolute atomic E-state index is 13.8. The van der Waals surface area contributed by atoms with Gasteiger partial charge in [-0.05, 0) is 92.0 Å². The molecule has 0 aliphatic carbocycles. The van der Waals surface area contributed by atoms with Gasteiger partial charge in [0.15, 0.2) is 6.10 Å². The average molecular weight is 560 g/mol. The summed E-state index contributed by atoms with van der Waals surface area (Å²) in [5.41, 5.74) is 2.19. The van der Waals surface area contributed by atoms with Crippen molar-refractivity contribution in [3.05, 3.63) is 66.2 Å². The van der Waals surface area contributed by atoms with E-state index in [4.69, 9.17) is 16.3 Å². The second kappa shape index (κ2) is 11.1. The minimum Gasteiger partial charge on any atom is -0.508 e. The highest BCUT2D eigenvalue weighted by Crippen LogP contribution is 2.45. The number of phenols is 1. The van der Waals surface area contributed by atoms with Crippen molar-refractivity contribution in [3.8, 4) is 22.6 Å². The van der Waals surface area contributed by atoms with Gasteiger partial charge < -0.3 is 24.5 Å². The number of phenolic OH excluding ortho intramolecular Hbond substituents is 1. The van der Waals surface area contributed by atoms with E-state index in [0.717, 1.165) is 48.0 Å². The minimum absolute atomic E-state index is 0.0611. The van der Waals surface area contributed by atoms with E-state index in [2.05, 4.69) is 11.5 Å². The molecule has 40 heavy (non-hydrogen) atoms. The zero-order valence-corrected chi connectivity index (χ0v) is 23.3. The summed E-state index contributed by atoms with van der Waals surface area (Å²) >= 11 is 6.88. The molecule has 0 bridgehead atoms. The van der Waals surface area contributed by atoms with Crippen molar-refractivity contribution in [2.24, 2.45) is 5.92 Å². The van der Waals surface area contributed by atoms with E-state index in [-0.39, 0.29) is 23.5 Å². The molecule has 6 rings (SSSR count).